The molecule has 0 spiro atoms. The van der Waals surface area contributed by atoms with Gasteiger partial charge < -0.3 is 9.84 Å². The number of benzene rings is 2. The highest BCUT2D eigenvalue weighted by Crippen LogP contribution is 2.34. The number of imide groups is 1. The molecule has 192 valence electrons. The van der Waals surface area contributed by atoms with Crippen LogP contribution in [0.4, 0.5) is 4.39 Å². The Labute approximate surface area is 214 Å². The second-order valence-corrected chi connectivity index (χ2v) is 9.80. The number of carbonyl (C=O) groups excluding carboxylic acids is 2. The van der Waals surface area contributed by atoms with Gasteiger partial charge in [0.2, 0.25) is 11.8 Å². The van der Waals surface area contributed by atoms with E-state index in [1.807, 2.05) is 19.1 Å². The standard InChI is InChI=1S/C27H30ClFN2O5/c1-2-19-11-17(4-6-24(19)36-10-9-31-25(32)7-8-26(31)33)15-30(21-13-20(14-21)27(34)35)16-18-3-5-22(28)23(29)12-18/h3-6,11-12,20-21H,2,7-10,13-16H2,1H3,(H,34,35)/t20-,21+. The number of halogens is 2. The summed E-state index contributed by atoms with van der Waals surface area (Å²) in [6, 6.07) is 10.7. The van der Waals surface area contributed by atoms with Crippen LogP contribution in [-0.2, 0) is 33.9 Å². The Morgan fingerprint density at radius 3 is 2.36 bits per heavy atom. The second-order valence-electron chi connectivity index (χ2n) is 9.40. The van der Waals surface area contributed by atoms with Crippen LogP contribution in [0, 0.1) is 11.7 Å². The van der Waals surface area contributed by atoms with Crippen LogP contribution in [0.5, 0.6) is 5.75 Å². The molecule has 2 aromatic rings. The van der Waals surface area contributed by atoms with Crippen molar-refractivity contribution in [2.75, 3.05) is 13.2 Å². The Bertz CT molecular complexity index is 1130. The fourth-order valence-corrected chi connectivity index (χ4v) is 4.89. The van der Waals surface area contributed by atoms with Crippen LogP contribution in [0.2, 0.25) is 5.02 Å². The van der Waals surface area contributed by atoms with Crippen LogP contribution in [0.1, 0.15) is 49.3 Å². The second kappa shape index (κ2) is 11.4. The minimum atomic E-state index is -0.782. The smallest absolute Gasteiger partial charge is 0.306 e. The van der Waals surface area contributed by atoms with Crippen LogP contribution >= 0.6 is 11.6 Å². The van der Waals surface area contributed by atoms with E-state index in [0.29, 0.717) is 31.7 Å². The number of carboxylic acids is 1. The summed E-state index contributed by atoms with van der Waals surface area (Å²) in [6.45, 7) is 3.54. The first-order valence-electron chi connectivity index (χ1n) is 12.2. The molecule has 1 aliphatic heterocycles. The average Bonchev–Trinajstić information content (AvgIpc) is 3.13. The predicted octanol–water partition coefficient (Wildman–Crippen LogP) is 4.43. The minimum Gasteiger partial charge on any atom is -0.491 e. The van der Waals surface area contributed by atoms with Crippen LogP contribution in [0.3, 0.4) is 0 Å². The van der Waals surface area contributed by atoms with Crippen LogP contribution < -0.4 is 4.74 Å². The number of aliphatic carboxylic acids is 1. The van der Waals surface area contributed by atoms with Gasteiger partial charge in [-0.3, -0.25) is 24.2 Å². The lowest BCUT2D eigenvalue weighted by Gasteiger charge is -2.41. The molecule has 2 amide bonds. The predicted molar refractivity (Wildman–Crippen MR) is 132 cm³/mol. The first kappa shape index (κ1) is 26.1. The fraction of sp³-hybridized carbons (Fsp3) is 0.444. The van der Waals surface area contributed by atoms with E-state index < -0.39 is 11.8 Å². The van der Waals surface area contributed by atoms with E-state index in [0.717, 1.165) is 23.1 Å². The number of hydrogen-bond donors (Lipinski definition) is 1. The summed E-state index contributed by atoms with van der Waals surface area (Å²) >= 11 is 5.84. The molecular formula is C27H30ClFN2O5. The lowest BCUT2D eigenvalue weighted by molar-refractivity contribution is -0.147. The SMILES string of the molecule is CCc1cc(CN(Cc2ccc(Cl)c(F)c2)[C@H]2C[C@@H](C(=O)O)C2)ccc1OCCN1C(=O)CCC1=O. The van der Waals surface area contributed by atoms with Gasteiger partial charge in [0.05, 0.1) is 17.5 Å². The first-order chi connectivity index (χ1) is 17.2. The molecule has 1 saturated carbocycles. The molecule has 1 N–H and O–H groups in total. The summed E-state index contributed by atoms with van der Waals surface area (Å²) in [5, 5.41) is 9.38. The minimum absolute atomic E-state index is 0.0709. The van der Waals surface area contributed by atoms with Gasteiger partial charge in [-0.25, -0.2) is 4.39 Å². The van der Waals surface area contributed by atoms with Crippen LogP contribution in [-0.4, -0.2) is 51.9 Å². The molecular weight excluding hydrogens is 487 g/mol. The van der Waals surface area contributed by atoms with Crippen molar-refractivity contribution in [1.82, 2.24) is 9.80 Å². The van der Waals surface area contributed by atoms with E-state index in [1.165, 1.54) is 17.0 Å². The van der Waals surface area contributed by atoms with Crippen molar-refractivity contribution in [2.45, 2.75) is 58.2 Å². The van der Waals surface area contributed by atoms with Gasteiger partial charge in [0.25, 0.3) is 0 Å². The molecule has 2 aliphatic rings. The quantitative estimate of drug-likeness (QED) is 0.444. The number of ether oxygens (including phenoxy) is 1. The van der Waals surface area contributed by atoms with Crippen molar-refractivity contribution in [2.24, 2.45) is 5.92 Å². The molecule has 0 unspecified atom stereocenters. The Morgan fingerprint density at radius 1 is 1.11 bits per heavy atom. The third-order valence-corrected chi connectivity index (χ3v) is 7.27. The van der Waals surface area contributed by atoms with Crippen molar-refractivity contribution in [1.29, 1.82) is 0 Å². The number of rotatable bonds is 11. The van der Waals surface area contributed by atoms with Gasteiger partial charge in [-0.1, -0.05) is 36.7 Å². The molecule has 0 radical (unpaired) electrons. The number of hydrogen-bond acceptors (Lipinski definition) is 5. The van der Waals surface area contributed by atoms with E-state index in [9.17, 15) is 23.9 Å². The van der Waals surface area contributed by atoms with Crippen molar-refractivity contribution in [3.8, 4) is 5.75 Å². The van der Waals surface area contributed by atoms with Gasteiger partial charge in [0.15, 0.2) is 0 Å². The lowest BCUT2D eigenvalue weighted by Crippen LogP contribution is -2.46. The molecule has 1 aliphatic carbocycles. The number of carboxylic acid groups (broad SMARTS) is 1. The van der Waals surface area contributed by atoms with E-state index in [2.05, 4.69) is 11.0 Å². The number of aryl methyl sites for hydroxylation is 1. The van der Waals surface area contributed by atoms with Crippen molar-refractivity contribution in [3.05, 3.63) is 63.9 Å². The molecule has 36 heavy (non-hydrogen) atoms. The Morgan fingerprint density at radius 2 is 1.75 bits per heavy atom. The fourth-order valence-electron chi connectivity index (χ4n) is 4.78. The van der Waals surface area contributed by atoms with E-state index >= 15 is 0 Å². The summed E-state index contributed by atoms with van der Waals surface area (Å²) in [5.74, 6) is -1.21. The zero-order valence-electron chi connectivity index (χ0n) is 20.2. The third-order valence-electron chi connectivity index (χ3n) is 6.97. The van der Waals surface area contributed by atoms with Crippen molar-refractivity contribution < 1.29 is 28.6 Å². The average molecular weight is 517 g/mol. The van der Waals surface area contributed by atoms with Gasteiger partial charge in [0.1, 0.15) is 18.2 Å². The summed E-state index contributed by atoms with van der Waals surface area (Å²) in [5.41, 5.74) is 2.82. The highest BCUT2D eigenvalue weighted by Gasteiger charge is 2.38. The van der Waals surface area contributed by atoms with Gasteiger partial charge in [-0.05, 0) is 54.2 Å². The Kier molecular flexibility index (Phi) is 8.26. The van der Waals surface area contributed by atoms with Gasteiger partial charge >= 0.3 is 5.97 Å². The third kappa shape index (κ3) is 6.05. The maximum atomic E-state index is 14.0. The molecule has 2 fully saturated rings. The Balaban J connectivity index is 1.44. The van der Waals surface area contributed by atoms with Gasteiger partial charge in [-0.2, -0.15) is 0 Å². The van der Waals surface area contributed by atoms with E-state index in [4.69, 9.17) is 16.3 Å². The molecule has 0 aromatic heterocycles. The zero-order valence-corrected chi connectivity index (χ0v) is 21.0. The maximum Gasteiger partial charge on any atom is 0.306 e. The molecule has 9 heteroatoms. The normalized spacial score (nSPS) is 19.6. The van der Waals surface area contributed by atoms with E-state index in [-0.39, 0.29) is 54.8 Å². The Hall–Kier alpha value is -2.97. The van der Waals surface area contributed by atoms with Crippen LogP contribution in [0.25, 0.3) is 0 Å². The summed E-state index contributed by atoms with van der Waals surface area (Å²) in [7, 11) is 0. The van der Waals surface area contributed by atoms with Crippen molar-refractivity contribution in [3.63, 3.8) is 0 Å². The van der Waals surface area contributed by atoms with E-state index in [1.54, 1.807) is 6.07 Å². The molecule has 4 rings (SSSR count). The first-order valence-corrected chi connectivity index (χ1v) is 12.6. The number of nitrogens with zero attached hydrogens (tertiary/aromatic N) is 2. The highest BCUT2D eigenvalue weighted by atomic mass is 35.5. The number of amides is 2. The molecule has 1 heterocycles. The molecule has 1 saturated heterocycles. The van der Waals surface area contributed by atoms with Crippen molar-refractivity contribution >= 4 is 29.4 Å². The molecule has 0 atom stereocenters. The molecule has 0 bridgehead atoms. The lowest BCUT2D eigenvalue weighted by atomic mass is 9.79. The largest absolute Gasteiger partial charge is 0.491 e. The monoisotopic (exact) mass is 516 g/mol. The van der Waals surface area contributed by atoms with Gasteiger partial charge in [0, 0.05) is 32.0 Å². The maximum absolute atomic E-state index is 14.0. The summed E-state index contributed by atoms with van der Waals surface area (Å²) in [6.07, 6.45) is 2.38. The number of likely N-dealkylation sites (tertiary alicyclic amines) is 1. The molecule has 7 nitrogen and oxygen atoms in total. The summed E-state index contributed by atoms with van der Waals surface area (Å²) in [4.78, 5) is 38.4. The topological polar surface area (TPSA) is 87.2 Å². The summed E-state index contributed by atoms with van der Waals surface area (Å²) < 4.78 is 19.9. The highest BCUT2D eigenvalue weighted by molar-refractivity contribution is 6.30. The van der Waals surface area contributed by atoms with Gasteiger partial charge in [-0.15, -0.1) is 0 Å². The number of carbonyl (C=O) groups is 3. The zero-order chi connectivity index (χ0) is 25.8. The van der Waals surface area contributed by atoms with Crippen LogP contribution in [0.15, 0.2) is 36.4 Å². The molecule has 2 aromatic carbocycles.